The number of nitrogens with one attached hydrogen (secondary N) is 6. The van der Waals surface area contributed by atoms with Crippen molar-refractivity contribution in [2.24, 2.45) is 35.4 Å². The molecule has 0 saturated carbocycles. The maximum absolute atomic E-state index is 13.1. The highest BCUT2D eigenvalue weighted by molar-refractivity contribution is 5.94. The van der Waals surface area contributed by atoms with E-state index in [9.17, 15) is 34.3 Å². The fourth-order valence-electron chi connectivity index (χ4n) is 13.3. The topological polar surface area (TPSA) is 417 Å². The number of hydrogen-bond acceptors (Lipinski definition) is 24. The molecule has 0 radical (unpaired) electrons. The molecule has 6 aliphatic heterocycles. The van der Waals surface area contributed by atoms with E-state index in [1.165, 1.54) is 41.5 Å². The summed E-state index contributed by atoms with van der Waals surface area (Å²) in [6.45, 7) is -27.4. The predicted octanol–water partition coefficient (Wildman–Crippen LogP) is 11.2. The number of piperidine rings is 6. The standard InChI is InChI=1S/6C17H22N6O/c6*1-11-5-6-23(15(24)8-18-3)9-14(11)22(4)17-13-7-12(2)21-16(13)19-10-20-17/h6*7,10-11,14H,5-6,8-9H2,1-2,4H3,(H,19,20,21)/t6*11-,14+/m111111/s1/i1D3,5D2,6D2,7D,8D2,9D2,10D,11D,14D;5D2,6D2,7D,8D2,9D2,10D,11D,14D;1D3,5D2,6D2,7D,8D2,9D2,10D,14D;1D3,5D2,6D2,7D,8D2,9D2,10D,11D;5D2,6D2,7D,8D2,9D2,10D,14D;4D3,5D2,6D2,7D,8D2,9D2,10D. The van der Waals surface area contributed by atoms with Crippen LogP contribution in [0.4, 0.5) is 34.9 Å². The minimum Gasteiger partial charge on any atom is -0.354 e. The average Bonchev–Trinajstić information content (AvgIpc) is 1.10. The first kappa shape index (κ1) is 43.2. The monoisotopic (exact) mass is 2040 g/mol. The Kier molecular flexibility index (Phi) is 14.3. The van der Waals surface area contributed by atoms with Crippen LogP contribution in [-0.2, 0) is 28.8 Å². The summed E-state index contributed by atoms with van der Waals surface area (Å²) in [5.74, 6) is -33.3. The number of carbonyl (C=O) groups is 6. The molecular weight excluding hydrogens is 1830 g/mol. The highest BCUT2D eigenvalue weighted by atomic mass is 16.2. The van der Waals surface area contributed by atoms with E-state index in [-0.39, 0.29) is 142 Å². The van der Waals surface area contributed by atoms with Gasteiger partial charge in [0.15, 0.2) is 0 Å². The first-order valence-electron chi connectivity index (χ1n) is 80.3. The summed E-state index contributed by atoms with van der Waals surface area (Å²) < 4.78 is 655. The predicted molar refractivity (Wildman–Crippen MR) is 556 cm³/mol. The summed E-state index contributed by atoms with van der Waals surface area (Å²) in [6, 6.07) is -20.0. The first-order chi connectivity index (χ1) is 99.4. The van der Waals surface area contributed by atoms with E-state index < -0.39 is 381 Å². The Morgan fingerprint density at radius 3 is 0.861 bits per heavy atom. The number of likely N-dealkylation sites (tertiary alicyclic amines) is 6. The third kappa shape index (κ3) is 24.5. The second-order valence-electron chi connectivity index (χ2n) is 29.7. The number of fused-ring (bicyclic) bond motifs is 6. The van der Waals surface area contributed by atoms with E-state index in [4.69, 9.17) is 142 Å². The molecule has 0 aliphatic carbocycles. The molecule has 6 amide bonds. The number of anilines is 6. The van der Waals surface area contributed by atoms with E-state index in [2.05, 4.69) is 119 Å². The number of nitrogens with zero attached hydrogens (tertiary/aromatic N) is 30. The van der Waals surface area contributed by atoms with E-state index in [0.717, 1.165) is 60.9 Å². The molecule has 0 unspecified atom stereocenters. The lowest BCUT2D eigenvalue weighted by atomic mass is 9.92. The van der Waals surface area contributed by atoms with Crippen molar-refractivity contribution >= 4 is 137 Å². The Morgan fingerprint density at radius 2 is 0.562 bits per heavy atom. The van der Waals surface area contributed by atoms with Gasteiger partial charge in [-0.3, -0.25) is 28.8 Å². The lowest BCUT2D eigenvalue weighted by Crippen LogP contribution is -2.53. The fraction of sp³-hybridized carbons (Fsp3) is 0.529. The average molecular weight is 2040 g/mol. The fourth-order valence-corrected chi connectivity index (χ4v) is 13.3. The second kappa shape index (κ2) is 47.7. The Balaban J connectivity index is 0.000000212. The third-order valence-corrected chi connectivity index (χ3v) is 19.9. The molecule has 0 aromatic carbocycles. The van der Waals surface area contributed by atoms with Gasteiger partial charge in [-0.05, 0) is 151 Å². The van der Waals surface area contributed by atoms with Gasteiger partial charge in [0.1, 0.15) is 131 Å². The minimum atomic E-state index is -4.14. The van der Waals surface area contributed by atoms with Gasteiger partial charge >= 0.3 is 35.4 Å². The molecule has 144 heavy (non-hydrogen) atoms. The number of aromatic amines is 6. The van der Waals surface area contributed by atoms with E-state index in [1.807, 2.05) is 0 Å². The molecule has 6 aliphatic rings. The normalized spacial score (nSPS) is 39.7. The van der Waals surface area contributed by atoms with Crippen molar-refractivity contribution in [3.63, 3.8) is 0 Å². The number of H-pyrrole nitrogens is 6. The van der Waals surface area contributed by atoms with Gasteiger partial charge in [0.25, 0.3) is 39.0 Å². The van der Waals surface area contributed by atoms with Crippen molar-refractivity contribution in [1.29, 1.82) is 0 Å². The van der Waals surface area contributed by atoms with Crippen molar-refractivity contribution < 1.29 is 137 Å². The lowest BCUT2D eigenvalue weighted by molar-refractivity contribution is -0.131. The second-order valence-corrected chi connectivity index (χ2v) is 29.7. The summed E-state index contributed by atoms with van der Waals surface area (Å²) in [6.07, 6.45) is -25.7. The van der Waals surface area contributed by atoms with Crippen molar-refractivity contribution in [1.82, 2.24) is 119 Å². The Morgan fingerprint density at radius 1 is 0.326 bits per heavy atom. The summed E-state index contributed by atoms with van der Waals surface area (Å²) in [4.78, 5) is 155. The van der Waals surface area contributed by atoms with Crippen LogP contribution in [-0.4, -0.2) is 350 Å². The molecule has 6 saturated heterocycles. The van der Waals surface area contributed by atoms with Gasteiger partial charge in [0.2, 0.25) is 0 Å². The highest BCUT2D eigenvalue weighted by Crippen LogP contribution is 2.38. The largest absolute Gasteiger partial charge is 0.354 e. The first-order valence-corrected chi connectivity index (χ1v) is 40.8. The quantitative estimate of drug-likeness (QED) is 0.0435. The van der Waals surface area contributed by atoms with Crippen molar-refractivity contribution in [3.8, 4) is 0 Å². The molecular formula is C102H132N36O6. The van der Waals surface area contributed by atoms with Crippen LogP contribution in [0, 0.1) is 116 Å². The number of amides is 6. The minimum absolute atomic E-state index is 0.0147. The van der Waals surface area contributed by atoms with Gasteiger partial charge in [-0.25, -0.2) is 99.2 Å². The Bertz CT molecular complexity index is 11100. The maximum Gasteiger partial charge on any atom is 0.302 e. The zero-order chi connectivity index (χ0) is 174. The highest BCUT2D eigenvalue weighted by Gasteiger charge is 2.41. The number of rotatable bonds is 18. The molecule has 0 bridgehead atoms. The van der Waals surface area contributed by atoms with E-state index in [1.54, 1.807) is 0 Å². The van der Waals surface area contributed by atoms with Gasteiger partial charge < -0.3 is 118 Å². The molecule has 0 spiro atoms. The molecule has 6 N–H and O–H groups in total. The molecule has 12 aromatic heterocycles. The molecule has 6 fully saturated rings. The molecule has 12 atom stereocenters. The number of aryl methyl sites for hydroxylation is 6. The molecule has 42 heteroatoms. The van der Waals surface area contributed by atoms with Gasteiger partial charge in [-0.15, -0.1) is 0 Å². The van der Waals surface area contributed by atoms with Crippen LogP contribution in [0.2, 0.25) is 0 Å². The molecule has 42 nitrogen and oxygen atoms in total. The Labute approximate surface area is 950 Å². The molecule has 12 aromatic rings. The van der Waals surface area contributed by atoms with Crippen LogP contribution in [0.15, 0.2) is 74.1 Å². The van der Waals surface area contributed by atoms with Gasteiger partial charge in [-0.2, -0.15) is 0 Å². The molecule has 756 valence electrons. The van der Waals surface area contributed by atoms with Gasteiger partial charge in [0.05, 0.1) is 98.6 Å². The summed E-state index contributed by atoms with van der Waals surface area (Å²) >= 11 is 0. The van der Waals surface area contributed by atoms with Crippen LogP contribution in [0.1, 0.15) is 222 Å². The summed E-state index contributed by atoms with van der Waals surface area (Å²) in [5.41, 5.74) is 0.854. The van der Waals surface area contributed by atoms with Crippen LogP contribution >= 0.6 is 0 Å². The van der Waals surface area contributed by atoms with E-state index in [0.29, 0.717) is 30.2 Å². The number of hydrogen-bond donors (Lipinski definition) is 6. The van der Waals surface area contributed by atoms with Crippen LogP contribution in [0.5, 0.6) is 0 Å². The zero-order valence-corrected chi connectivity index (χ0v) is 77.3. The summed E-state index contributed by atoms with van der Waals surface area (Å²) in [5, 5.41) is -1.00. The van der Waals surface area contributed by atoms with Gasteiger partial charge in [0, 0.05) is 208 Å². The zero-order valence-electron chi connectivity index (χ0n) is 156. The number of carbonyl (C=O) groups excluding carboxylic acids is 6. The third-order valence-electron chi connectivity index (χ3n) is 19.9. The smallest absolute Gasteiger partial charge is 0.302 e. The lowest BCUT2D eigenvalue weighted by Gasteiger charge is -2.41. The van der Waals surface area contributed by atoms with Gasteiger partial charge in [-0.1, -0.05) is 41.3 Å². The molecule has 18 rings (SSSR count). The Hall–Kier alpha value is -15.7. The SMILES string of the molecule is [2H]c1nc(N(C)[C@@]2([2H])C([2H])([2H])N(C(=O)C([2H])([2H])[N+]#[C-])C([2H])([2H])C([2H])([2H])[C@@]2([2H])C([2H])([2H])[2H])c2c([2H])c(C)[nH]c2n1.[2H]c1nc(N(C)[C@@]2([2H])C([2H])([2H])N(C(=O)C([2H])([2H])[N+]#[C-])C([2H])([2H])C([2H])([2H])[C@@]2([2H])C)c2c([2H])c(C)[nH]c2n1.[2H]c1nc(N(C)[C@H]2C([2H])([2H])N(C(=O)C([2H])([2H])[N+]#[C-])C([2H])([2H])C([2H])([2H])[C@@]2([2H])C([2H])([2H])[2H])c2c([2H])c(C)[nH]c2n1.[2H]c1nc(N(C)[C@]2([2H])[C@H](C([2H])([2H])[2H])C([2H])([2H])C([2H])([2H])N(C(=O)C([2H])([2H])[N+]#[C-])C2([2H])[2H])c2c([2H])c(C)[nH]c2n1.[2H]c1nc(N(C)[C@]2([2H])[C@H](C)C([2H])([2H])C([2H])([2H])N(C(=O)C([2H])([2H])[N+]#[C-])C2([2H])[2H])c2c([2H])c(C)[nH]c2n1.[2H]c1nc(N([C@@H]2[C@H](C)C([2H])([2H])C([2H])([2H])N(C(=O)C([2H])([2H])[N+]#[C-])C2([2H])[2H])C([2H])([2H])[2H])c2c([2H])c(C)[nH]c2n1. The van der Waals surface area contributed by atoms with Crippen molar-refractivity contribution in [3.05, 3.63) is 177 Å². The van der Waals surface area contributed by atoms with Crippen LogP contribution < -0.4 is 29.4 Å². The molecule has 18 heterocycles. The maximum atomic E-state index is 13.1. The van der Waals surface area contributed by atoms with E-state index >= 15 is 0 Å². The van der Waals surface area contributed by atoms with Crippen molar-refractivity contribution in [2.45, 2.75) is 157 Å². The number of aromatic nitrogens is 18. The van der Waals surface area contributed by atoms with Crippen molar-refractivity contribution in [2.75, 3.05) is 189 Å². The summed E-state index contributed by atoms with van der Waals surface area (Å²) in [7, 11) is 4.77. The van der Waals surface area contributed by atoms with Crippen LogP contribution in [0.25, 0.3) is 95.3 Å². The number of likely N-dealkylation sites (N-methyl/N-ethyl adjacent to an activating group) is 6. The van der Waals surface area contributed by atoms with Crippen LogP contribution in [0.3, 0.4) is 0 Å².